The third-order valence-electron chi connectivity index (χ3n) is 2.19. The molecule has 110 valence electrons. The summed E-state index contributed by atoms with van der Waals surface area (Å²) in [7, 11) is -4.58. The predicted octanol–water partition coefficient (Wildman–Crippen LogP) is -0.542. The molecule has 0 aliphatic heterocycles. The lowest BCUT2D eigenvalue weighted by atomic mass is 10.3. The maximum atomic E-state index is 13.5. The molecule has 0 aliphatic rings. The van der Waals surface area contributed by atoms with E-state index >= 15 is 0 Å². The number of aliphatic hydroxyl groups is 1. The van der Waals surface area contributed by atoms with Crippen LogP contribution in [0.1, 0.15) is 0 Å². The minimum atomic E-state index is -4.58. The first-order valence-electron chi connectivity index (χ1n) is 4.99. The molecule has 0 amide bonds. The minimum absolute atomic E-state index is 0.392. The van der Waals surface area contributed by atoms with Gasteiger partial charge in [0.2, 0.25) is 10.0 Å². The molecule has 1 rings (SSSR count). The van der Waals surface area contributed by atoms with E-state index in [1.54, 1.807) is 4.72 Å². The number of hydrogen-bond acceptors (Lipinski definition) is 6. The Morgan fingerprint density at radius 2 is 2.10 bits per heavy atom. The number of benzene rings is 1. The van der Waals surface area contributed by atoms with Crippen LogP contribution in [0, 0.1) is 15.9 Å². The van der Waals surface area contributed by atoms with Crippen molar-refractivity contribution in [2.75, 3.05) is 6.61 Å². The second-order valence-electron chi connectivity index (χ2n) is 3.57. The number of nitrogens with zero attached hydrogens (tertiary/aromatic N) is 1. The molecule has 3 N–H and O–H groups in total. The van der Waals surface area contributed by atoms with Crippen molar-refractivity contribution in [2.24, 2.45) is 0 Å². The summed E-state index contributed by atoms with van der Waals surface area (Å²) >= 11 is 0. The Kier molecular flexibility index (Phi) is 4.70. The summed E-state index contributed by atoms with van der Waals surface area (Å²) in [6.07, 6.45) is 0. The molecular weight excluding hydrogens is 299 g/mol. The number of hydrogen-bond donors (Lipinski definition) is 3. The van der Waals surface area contributed by atoms with Gasteiger partial charge in [-0.1, -0.05) is 0 Å². The second kappa shape index (κ2) is 5.90. The smallest absolute Gasteiger partial charge is 0.324 e. The van der Waals surface area contributed by atoms with Gasteiger partial charge in [0, 0.05) is 6.07 Å². The van der Waals surface area contributed by atoms with Gasteiger partial charge in [0.1, 0.15) is 16.8 Å². The summed E-state index contributed by atoms with van der Waals surface area (Å²) in [6.45, 7) is -1.04. The van der Waals surface area contributed by atoms with Crippen molar-refractivity contribution >= 4 is 21.7 Å². The molecule has 0 unspecified atom stereocenters. The number of nitrogens with one attached hydrogen (secondary N) is 1. The highest BCUT2D eigenvalue weighted by molar-refractivity contribution is 7.89. The summed E-state index contributed by atoms with van der Waals surface area (Å²) in [5, 5.41) is 27.7. The molecule has 0 saturated heterocycles. The van der Waals surface area contributed by atoms with Crippen molar-refractivity contribution in [3.8, 4) is 0 Å². The first-order chi connectivity index (χ1) is 9.19. The van der Waals surface area contributed by atoms with Gasteiger partial charge in [-0.2, -0.15) is 4.72 Å². The van der Waals surface area contributed by atoms with Gasteiger partial charge in [-0.05, 0) is 6.07 Å². The van der Waals surface area contributed by atoms with Gasteiger partial charge in [-0.3, -0.25) is 14.9 Å². The molecule has 0 aromatic heterocycles. The number of carboxylic acid groups (broad SMARTS) is 1. The van der Waals surface area contributed by atoms with Crippen LogP contribution in [-0.4, -0.2) is 42.2 Å². The highest BCUT2D eigenvalue weighted by Gasteiger charge is 2.27. The Bertz CT molecular complexity index is 646. The van der Waals surface area contributed by atoms with Crippen LogP contribution in [0.2, 0.25) is 0 Å². The number of sulfonamides is 1. The molecule has 0 bridgehead atoms. The van der Waals surface area contributed by atoms with Crippen molar-refractivity contribution in [1.82, 2.24) is 4.72 Å². The molecule has 1 atom stereocenters. The Morgan fingerprint density at radius 1 is 1.50 bits per heavy atom. The van der Waals surface area contributed by atoms with Gasteiger partial charge in [-0.25, -0.2) is 12.8 Å². The number of nitro benzene ring substituents is 1. The maximum absolute atomic E-state index is 13.5. The lowest BCUT2D eigenvalue weighted by molar-refractivity contribution is -0.385. The number of nitro groups is 1. The quantitative estimate of drug-likeness (QED) is 0.472. The molecule has 0 saturated carbocycles. The normalized spacial score (nSPS) is 12.9. The van der Waals surface area contributed by atoms with Gasteiger partial charge in [0.15, 0.2) is 0 Å². The van der Waals surface area contributed by atoms with Crippen LogP contribution < -0.4 is 4.72 Å². The largest absolute Gasteiger partial charge is 0.480 e. The van der Waals surface area contributed by atoms with E-state index in [9.17, 15) is 27.7 Å². The zero-order valence-corrected chi connectivity index (χ0v) is 10.5. The fraction of sp³-hybridized carbons (Fsp3) is 0.222. The number of aliphatic hydroxyl groups excluding tert-OH is 1. The zero-order chi connectivity index (χ0) is 15.5. The number of carboxylic acids is 1. The highest BCUT2D eigenvalue weighted by atomic mass is 32.2. The Balaban J connectivity index is 3.16. The van der Waals surface area contributed by atoms with E-state index in [0.29, 0.717) is 12.1 Å². The summed E-state index contributed by atoms with van der Waals surface area (Å²) in [5.74, 6) is -3.06. The monoisotopic (exact) mass is 308 g/mol. The third kappa shape index (κ3) is 3.46. The average molecular weight is 308 g/mol. The van der Waals surface area contributed by atoms with E-state index in [0.717, 1.165) is 6.07 Å². The number of carbonyl (C=O) groups is 1. The molecule has 0 aliphatic carbocycles. The van der Waals surface area contributed by atoms with E-state index in [2.05, 4.69) is 0 Å². The second-order valence-corrected chi connectivity index (χ2v) is 5.25. The highest BCUT2D eigenvalue weighted by Crippen LogP contribution is 2.20. The Hall–Kier alpha value is -2.11. The Morgan fingerprint density at radius 3 is 2.50 bits per heavy atom. The van der Waals surface area contributed by atoms with Crippen LogP contribution in [0.4, 0.5) is 10.1 Å². The van der Waals surface area contributed by atoms with Crippen molar-refractivity contribution in [1.29, 1.82) is 0 Å². The van der Waals surface area contributed by atoms with E-state index in [1.807, 2.05) is 0 Å². The number of non-ortho nitro benzene ring substituents is 1. The molecule has 11 heteroatoms. The lowest BCUT2D eigenvalue weighted by Crippen LogP contribution is -2.43. The van der Waals surface area contributed by atoms with Crippen LogP contribution in [0.5, 0.6) is 0 Å². The summed E-state index contributed by atoms with van der Waals surface area (Å²) in [6, 6.07) is -0.0727. The summed E-state index contributed by atoms with van der Waals surface area (Å²) in [5.41, 5.74) is -0.654. The van der Waals surface area contributed by atoms with Gasteiger partial charge in [0.25, 0.3) is 5.69 Å². The lowest BCUT2D eigenvalue weighted by Gasteiger charge is -2.12. The first kappa shape index (κ1) is 15.9. The van der Waals surface area contributed by atoms with Crippen molar-refractivity contribution in [3.05, 3.63) is 34.1 Å². The standard InChI is InChI=1S/C9H9FN2O7S/c10-6-3-5(12(16)17)1-2-8(6)20(18,19)11-7(4-13)9(14)15/h1-3,7,11,13H,4H2,(H,14,15)/t7-/m0/s1. The Labute approximate surface area is 111 Å². The SMILES string of the molecule is O=C(O)[C@H](CO)NS(=O)(=O)c1ccc([N+](=O)[O-])cc1F. The van der Waals surface area contributed by atoms with Gasteiger partial charge in [0.05, 0.1) is 17.6 Å². The fourth-order valence-electron chi connectivity index (χ4n) is 1.24. The molecule has 0 fully saturated rings. The van der Waals surface area contributed by atoms with Crippen LogP contribution in [0.3, 0.4) is 0 Å². The molecule has 1 aromatic rings. The van der Waals surface area contributed by atoms with Gasteiger partial charge < -0.3 is 10.2 Å². The van der Waals surface area contributed by atoms with E-state index in [1.165, 1.54) is 0 Å². The molecule has 0 radical (unpaired) electrons. The molecular formula is C9H9FN2O7S. The van der Waals surface area contributed by atoms with Crippen molar-refractivity contribution in [2.45, 2.75) is 10.9 Å². The maximum Gasteiger partial charge on any atom is 0.324 e. The van der Waals surface area contributed by atoms with Crippen LogP contribution in [0.25, 0.3) is 0 Å². The van der Waals surface area contributed by atoms with Crippen LogP contribution in [-0.2, 0) is 14.8 Å². The summed E-state index contributed by atoms with van der Waals surface area (Å²) < 4.78 is 38.5. The zero-order valence-electron chi connectivity index (χ0n) is 9.69. The first-order valence-corrected chi connectivity index (χ1v) is 6.47. The van der Waals surface area contributed by atoms with E-state index in [4.69, 9.17) is 10.2 Å². The third-order valence-corrected chi connectivity index (χ3v) is 3.70. The molecule has 0 spiro atoms. The predicted molar refractivity (Wildman–Crippen MR) is 61.9 cm³/mol. The molecule has 0 heterocycles. The average Bonchev–Trinajstić information content (AvgIpc) is 2.35. The van der Waals surface area contributed by atoms with Crippen LogP contribution >= 0.6 is 0 Å². The summed E-state index contributed by atoms with van der Waals surface area (Å²) in [4.78, 5) is 19.1. The van der Waals surface area contributed by atoms with Gasteiger partial charge >= 0.3 is 5.97 Å². The van der Waals surface area contributed by atoms with E-state index < -0.39 is 50.0 Å². The van der Waals surface area contributed by atoms with Crippen LogP contribution in [0.15, 0.2) is 23.1 Å². The number of rotatable bonds is 6. The number of aliphatic carboxylic acids is 1. The van der Waals surface area contributed by atoms with E-state index in [-0.39, 0.29) is 0 Å². The molecule has 20 heavy (non-hydrogen) atoms. The topological polar surface area (TPSA) is 147 Å². The van der Waals surface area contributed by atoms with Crippen molar-refractivity contribution in [3.63, 3.8) is 0 Å². The minimum Gasteiger partial charge on any atom is -0.480 e. The molecule has 9 nitrogen and oxygen atoms in total. The fourth-order valence-corrected chi connectivity index (χ4v) is 2.48. The molecule has 1 aromatic carbocycles. The van der Waals surface area contributed by atoms with Crippen molar-refractivity contribution < 1.29 is 32.7 Å². The van der Waals surface area contributed by atoms with Gasteiger partial charge in [-0.15, -0.1) is 0 Å². The number of halogens is 1.